The molecule has 3 heteroatoms. The normalized spacial score (nSPS) is 16.2. The molecule has 2 rings (SSSR count). The van der Waals surface area contributed by atoms with E-state index >= 15 is 0 Å². The maximum absolute atomic E-state index is 10.7. The second-order valence-corrected chi connectivity index (χ2v) is 3.11. The zero-order valence-corrected chi connectivity index (χ0v) is 6.60. The van der Waals surface area contributed by atoms with Gasteiger partial charge in [-0.1, -0.05) is 18.2 Å². The van der Waals surface area contributed by atoms with E-state index < -0.39 is 0 Å². The predicted octanol–water partition coefficient (Wildman–Crippen LogP) is 2.26. The fraction of sp³-hybridized carbons (Fsp3) is 0.333. The van der Waals surface area contributed by atoms with Gasteiger partial charge in [-0.3, -0.25) is 5.21 Å². The molecule has 0 bridgehead atoms. The Morgan fingerprint density at radius 2 is 2.00 bits per heavy atom. The zero-order chi connectivity index (χ0) is 8.55. The van der Waals surface area contributed by atoms with Gasteiger partial charge in [0.05, 0.1) is 5.69 Å². The summed E-state index contributed by atoms with van der Waals surface area (Å²) in [5.74, 6) is 0.491. The number of para-hydroxylation sites is 1. The highest BCUT2D eigenvalue weighted by Gasteiger charge is 2.25. The number of hydrogen-bond acceptors (Lipinski definition) is 3. The van der Waals surface area contributed by atoms with Crippen molar-refractivity contribution in [3.8, 4) is 0 Å². The molecule has 0 aliphatic heterocycles. The first-order valence-corrected chi connectivity index (χ1v) is 4.04. The maximum atomic E-state index is 10.7. The molecule has 1 aliphatic carbocycles. The van der Waals surface area contributed by atoms with Crippen LogP contribution in [0.5, 0.6) is 0 Å². The van der Waals surface area contributed by atoms with Crippen LogP contribution in [-0.4, -0.2) is 5.21 Å². The summed E-state index contributed by atoms with van der Waals surface area (Å²) in [5, 5.41) is 19.4. The van der Waals surface area contributed by atoms with Crippen molar-refractivity contribution in [2.45, 2.75) is 18.8 Å². The SMILES string of the molecule is [O-]N(O)c1ccccc1C1CC1. The van der Waals surface area contributed by atoms with Crippen molar-refractivity contribution < 1.29 is 5.21 Å². The maximum Gasteiger partial charge on any atom is 0.0543 e. The third-order valence-electron chi connectivity index (χ3n) is 2.16. The number of rotatable bonds is 2. The average Bonchev–Trinajstić information content (AvgIpc) is 2.87. The third kappa shape index (κ3) is 1.29. The summed E-state index contributed by atoms with van der Waals surface area (Å²) in [6.07, 6.45) is 2.26. The molecule has 0 amide bonds. The van der Waals surface area contributed by atoms with Gasteiger partial charge in [0.2, 0.25) is 0 Å². The van der Waals surface area contributed by atoms with Crippen molar-refractivity contribution in [3.63, 3.8) is 0 Å². The van der Waals surface area contributed by atoms with E-state index in [0.29, 0.717) is 11.6 Å². The van der Waals surface area contributed by atoms with Crippen LogP contribution in [0.4, 0.5) is 5.69 Å². The van der Waals surface area contributed by atoms with Gasteiger partial charge in [-0.25, -0.2) is 0 Å². The molecule has 0 radical (unpaired) electrons. The summed E-state index contributed by atoms with van der Waals surface area (Å²) in [5.41, 5.74) is 1.36. The molecule has 0 aromatic heterocycles. The Kier molecular flexibility index (Phi) is 1.75. The second-order valence-electron chi connectivity index (χ2n) is 3.11. The van der Waals surface area contributed by atoms with Crippen molar-refractivity contribution in [1.82, 2.24) is 0 Å². The molecule has 1 aromatic carbocycles. The average molecular weight is 164 g/mol. The van der Waals surface area contributed by atoms with E-state index in [2.05, 4.69) is 0 Å². The molecule has 0 saturated heterocycles. The molecular weight excluding hydrogens is 154 g/mol. The van der Waals surface area contributed by atoms with Crippen LogP contribution >= 0.6 is 0 Å². The van der Waals surface area contributed by atoms with Crippen LogP contribution in [0.1, 0.15) is 24.3 Å². The van der Waals surface area contributed by atoms with Crippen molar-refractivity contribution >= 4 is 5.69 Å². The molecule has 1 aliphatic rings. The summed E-state index contributed by atoms with van der Waals surface area (Å²) in [6.45, 7) is 0. The van der Waals surface area contributed by atoms with Crippen LogP contribution in [0.15, 0.2) is 24.3 Å². The van der Waals surface area contributed by atoms with E-state index in [1.54, 1.807) is 12.1 Å². The van der Waals surface area contributed by atoms with Crippen LogP contribution in [0.25, 0.3) is 0 Å². The lowest BCUT2D eigenvalue weighted by atomic mass is 10.1. The Hall–Kier alpha value is -1.06. The Morgan fingerprint density at radius 1 is 1.33 bits per heavy atom. The molecule has 1 aromatic rings. The van der Waals surface area contributed by atoms with Gasteiger partial charge in [-0.2, -0.15) is 0 Å². The minimum absolute atomic E-state index is 0.0480. The summed E-state index contributed by atoms with van der Waals surface area (Å²) in [7, 11) is 0. The van der Waals surface area contributed by atoms with E-state index in [0.717, 1.165) is 18.4 Å². The van der Waals surface area contributed by atoms with Crippen molar-refractivity contribution in [3.05, 3.63) is 35.0 Å². The first-order valence-electron chi connectivity index (χ1n) is 4.04. The highest BCUT2D eigenvalue weighted by Crippen LogP contribution is 2.43. The van der Waals surface area contributed by atoms with Gasteiger partial charge in [-0.05, 0) is 30.4 Å². The topological polar surface area (TPSA) is 46.5 Å². The molecule has 0 atom stereocenters. The molecule has 1 saturated carbocycles. The van der Waals surface area contributed by atoms with E-state index in [1.165, 1.54) is 0 Å². The lowest BCUT2D eigenvalue weighted by Crippen LogP contribution is -2.09. The van der Waals surface area contributed by atoms with Gasteiger partial charge >= 0.3 is 0 Å². The fourth-order valence-electron chi connectivity index (χ4n) is 1.40. The molecule has 0 unspecified atom stereocenters. The van der Waals surface area contributed by atoms with Gasteiger partial charge in [-0.15, -0.1) is 0 Å². The van der Waals surface area contributed by atoms with Crippen LogP contribution < -0.4 is 5.23 Å². The molecule has 0 heterocycles. The second kappa shape index (κ2) is 2.77. The molecule has 3 nitrogen and oxygen atoms in total. The zero-order valence-electron chi connectivity index (χ0n) is 6.60. The molecule has 0 spiro atoms. The Balaban J connectivity index is 2.36. The summed E-state index contributed by atoms with van der Waals surface area (Å²) in [4.78, 5) is 0. The Bertz CT molecular complexity index is 261. The summed E-state index contributed by atoms with van der Waals surface area (Å²) >= 11 is 0. The smallest absolute Gasteiger partial charge is 0.0543 e. The van der Waals surface area contributed by atoms with Crippen LogP contribution in [0.2, 0.25) is 0 Å². The van der Waals surface area contributed by atoms with Crippen LogP contribution in [-0.2, 0) is 0 Å². The van der Waals surface area contributed by atoms with Crippen molar-refractivity contribution in [2.75, 3.05) is 5.23 Å². The monoisotopic (exact) mass is 164 g/mol. The minimum atomic E-state index is -0.0480. The quantitative estimate of drug-likeness (QED) is 0.682. The van der Waals surface area contributed by atoms with Crippen molar-refractivity contribution in [2.24, 2.45) is 0 Å². The van der Waals surface area contributed by atoms with Gasteiger partial charge in [0.1, 0.15) is 0 Å². The number of hydrogen-bond donors (Lipinski definition) is 1. The Morgan fingerprint density at radius 3 is 2.58 bits per heavy atom. The first kappa shape index (κ1) is 7.58. The van der Waals surface area contributed by atoms with Gasteiger partial charge in [0.15, 0.2) is 0 Å². The highest BCUT2D eigenvalue weighted by atomic mass is 16.8. The van der Waals surface area contributed by atoms with Gasteiger partial charge in [0, 0.05) is 0 Å². The lowest BCUT2D eigenvalue weighted by Gasteiger charge is -2.24. The number of anilines is 1. The van der Waals surface area contributed by atoms with Crippen LogP contribution in [0.3, 0.4) is 0 Å². The fourth-order valence-corrected chi connectivity index (χ4v) is 1.40. The largest absolute Gasteiger partial charge is 0.733 e. The molecule has 12 heavy (non-hydrogen) atoms. The van der Waals surface area contributed by atoms with Gasteiger partial charge < -0.3 is 10.4 Å². The standard InChI is InChI=1S/C9H10NO2/c11-10(12)9-4-2-1-3-8(9)7-5-6-7/h1-4,7,11H,5-6H2/q-1. The van der Waals surface area contributed by atoms with Crippen molar-refractivity contribution in [1.29, 1.82) is 0 Å². The third-order valence-corrected chi connectivity index (χ3v) is 2.16. The predicted molar refractivity (Wildman–Crippen MR) is 46.0 cm³/mol. The minimum Gasteiger partial charge on any atom is -0.733 e. The molecule has 1 N–H and O–H groups in total. The van der Waals surface area contributed by atoms with E-state index in [1.807, 2.05) is 12.1 Å². The molecular formula is C9H10NO2-. The summed E-state index contributed by atoms with van der Waals surface area (Å²) in [6, 6.07) is 7.18. The summed E-state index contributed by atoms with van der Waals surface area (Å²) < 4.78 is 0. The highest BCUT2D eigenvalue weighted by molar-refractivity contribution is 5.54. The van der Waals surface area contributed by atoms with E-state index in [9.17, 15) is 5.21 Å². The van der Waals surface area contributed by atoms with E-state index in [4.69, 9.17) is 5.21 Å². The van der Waals surface area contributed by atoms with E-state index in [-0.39, 0.29) is 5.23 Å². The van der Waals surface area contributed by atoms with Gasteiger partial charge in [0.25, 0.3) is 0 Å². The Labute approximate surface area is 70.8 Å². The number of benzene rings is 1. The first-order chi connectivity index (χ1) is 5.79. The molecule has 1 fully saturated rings. The number of nitrogens with zero attached hydrogens (tertiary/aromatic N) is 1. The van der Waals surface area contributed by atoms with Crippen LogP contribution in [0, 0.1) is 5.21 Å². The molecule has 64 valence electrons. The lowest BCUT2D eigenvalue weighted by molar-refractivity contribution is 0.295.